The third-order valence-corrected chi connectivity index (χ3v) is 3.95. The molecule has 1 aliphatic carbocycles. The van der Waals surface area contributed by atoms with E-state index in [2.05, 4.69) is 20.8 Å². The van der Waals surface area contributed by atoms with Crippen molar-refractivity contribution in [2.24, 2.45) is 11.3 Å². The first-order valence-corrected chi connectivity index (χ1v) is 6.46. The molecule has 7 nitrogen and oxygen atoms in total. The largest absolute Gasteiger partial charge is 0.468 e. The standard InChI is InChI=1S/C14H20O7/c1-8(11(16)19-2)9-5-6-14(7-10(9)15,12(17)20-3)13(18)21-4/h9-10,15H,1,5-7H2,2-4H3. The molecule has 0 aliphatic heterocycles. The fourth-order valence-corrected chi connectivity index (χ4v) is 2.73. The minimum Gasteiger partial charge on any atom is -0.468 e. The van der Waals surface area contributed by atoms with Crippen LogP contribution in [0.5, 0.6) is 0 Å². The van der Waals surface area contributed by atoms with Gasteiger partial charge in [0.25, 0.3) is 0 Å². The maximum absolute atomic E-state index is 12.0. The molecule has 0 bridgehead atoms. The van der Waals surface area contributed by atoms with E-state index < -0.39 is 35.3 Å². The van der Waals surface area contributed by atoms with Crippen molar-refractivity contribution in [1.82, 2.24) is 0 Å². The van der Waals surface area contributed by atoms with Gasteiger partial charge in [0.05, 0.1) is 27.4 Å². The van der Waals surface area contributed by atoms with Gasteiger partial charge in [-0.15, -0.1) is 0 Å². The summed E-state index contributed by atoms with van der Waals surface area (Å²) in [6.07, 6.45) is -0.959. The molecular weight excluding hydrogens is 280 g/mol. The molecule has 7 heteroatoms. The zero-order chi connectivity index (χ0) is 16.2. The highest BCUT2D eigenvalue weighted by Gasteiger charge is 2.54. The second-order valence-electron chi connectivity index (χ2n) is 5.00. The van der Waals surface area contributed by atoms with Gasteiger partial charge >= 0.3 is 17.9 Å². The van der Waals surface area contributed by atoms with Gasteiger partial charge in [-0.3, -0.25) is 9.59 Å². The van der Waals surface area contributed by atoms with E-state index >= 15 is 0 Å². The highest BCUT2D eigenvalue weighted by Crippen LogP contribution is 2.43. The zero-order valence-corrected chi connectivity index (χ0v) is 12.4. The average molecular weight is 300 g/mol. The number of carbonyl (C=O) groups excluding carboxylic acids is 3. The topological polar surface area (TPSA) is 99.1 Å². The molecule has 0 radical (unpaired) electrons. The number of aliphatic hydroxyl groups is 1. The normalized spacial score (nSPS) is 23.8. The second-order valence-corrected chi connectivity index (χ2v) is 5.00. The highest BCUT2D eigenvalue weighted by molar-refractivity contribution is 6.00. The summed E-state index contributed by atoms with van der Waals surface area (Å²) in [6, 6.07) is 0. The molecule has 2 atom stereocenters. The summed E-state index contributed by atoms with van der Waals surface area (Å²) < 4.78 is 13.9. The van der Waals surface area contributed by atoms with Crippen LogP contribution in [0, 0.1) is 11.3 Å². The monoisotopic (exact) mass is 300 g/mol. The molecule has 0 spiro atoms. The van der Waals surface area contributed by atoms with Crippen molar-refractivity contribution in [3.8, 4) is 0 Å². The van der Waals surface area contributed by atoms with Gasteiger partial charge in [-0.05, 0) is 12.8 Å². The van der Waals surface area contributed by atoms with Gasteiger partial charge in [0.1, 0.15) is 0 Å². The number of carbonyl (C=O) groups is 3. The van der Waals surface area contributed by atoms with E-state index in [0.717, 1.165) is 0 Å². The molecule has 118 valence electrons. The van der Waals surface area contributed by atoms with Crippen LogP contribution in [0.25, 0.3) is 0 Å². The Hall–Kier alpha value is -1.89. The Kier molecular flexibility index (Phi) is 5.48. The zero-order valence-electron chi connectivity index (χ0n) is 12.4. The van der Waals surface area contributed by atoms with Crippen molar-refractivity contribution in [2.75, 3.05) is 21.3 Å². The molecule has 1 rings (SSSR count). The first kappa shape index (κ1) is 17.2. The number of ether oxygens (including phenoxy) is 3. The van der Waals surface area contributed by atoms with Crippen molar-refractivity contribution in [3.63, 3.8) is 0 Å². The lowest BCUT2D eigenvalue weighted by molar-refractivity contribution is -0.176. The molecule has 1 N–H and O–H groups in total. The summed E-state index contributed by atoms with van der Waals surface area (Å²) in [5.74, 6) is -2.70. The molecule has 2 unspecified atom stereocenters. The van der Waals surface area contributed by atoms with Crippen LogP contribution in [0.4, 0.5) is 0 Å². The molecule has 0 aromatic rings. The van der Waals surface area contributed by atoms with Gasteiger partial charge in [0, 0.05) is 17.9 Å². The van der Waals surface area contributed by atoms with Gasteiger partial charge < -0.3 is 19.3 Å². The van der Waals surface area contributed by atoms with Gasteiger partial charge in [0.2, 0.25) is 0 Å². The van der Waals surface area contributed by atoms with Crippen molar-refractivity contribution < 1.29 is 33.7 Å². The van der Waals surface area contributed by atoms with Crippen LogP contribution >= 0.6 is 0 Å². The lowest BCUT2D eigenvalue weighted by Crippen LogP contribution is -2.49. The molecule has 0 heterocycles. The summed E-state index contributed by atoms with van der Waals surface area (Å²) in [5, 5.41) is 10.2. The summed E-state index contributed by atoms with van der Waals surface area (Å²) in [7, 11) is 3.55. The summed E-state index contributed by atoms with van der Waals surface area (Å²) in [5.41, 5.74) is -1.43. The van der Waals surface area contributed by atoms with Crippen molar-refractivity contribution in [3.05, 3.63) is 12.2 Å². The maximum Gasteiger partial charge on any atom is 0.333 e. The summed E-state index contributed by atoms with van der Waals surface area (Å²) in [4.78, 5) is 35.4. The van der Waals surface area contributed by atoms with E-state index in [9.17, 15) is 19.5 Å². The van der Waals surface area contributed by atoms with E-state index in [1.54, 1.807) is 0 Å². The van der Waals surface area contributed by atoms with Crippen LogP contribution < -0.4 is 0 Å². The second kappa shape index (κ2) is 6.71. The first-order valence-electron chi connectivity index (χ1n) is 6.46. The molecule has 0 aromatic carbocycles. The lowest BCUT2D eigenvalue weighted by Gasteiger charge is -2.38. The van der Waals surface area contributed by atoms with Crippen LogP contribution in [0.15, 0.2) is 12.2 Å². The maximum atomic E-state index is 12.0. The molecule has 0 amide bonds. The van der Waals surface area contributed by atoms with Gasteiger partial charge in [-0.1, -0.05) is 6.58 Å². The van der Waals surface area contributed by atoms with Crippen molar-refractivity contribution >= 4 is 17.9 Å². The molecule has 1 fully saturated rings. The molecule has 21 heavy (non-hydrogen) atoms. The SMILES string of the molecule is C=C(C(=O)OC)C1CCC(C(=O)OC)(C(=O)OC)CC1O. The Bertz CT molecular complexity index is 438. The fraction of sp³-hybridized carbons (Fsp3) is 0.643. The third-order valence-electron chi connectivity index (χ3n) is 3.95. The van der Waals surface area contributed by atoms with Gasteiger partial charge in [-0.25, -0.2) is 4.79 Å². The van der Waals surface area contributed by atoms with E-state index in [4.69, 9.17) is 0 Å². The number of hydrogen-bond donors (Lipinski definition) is 1. The molecule has 1 aliphatic rings. The number of aliphatic hydroxyl groups excluding tert-OH is 1. The number of methoxy groups -OCH3 is 3. The molecule has 0 saturated heterocycles. The van der Waals surface area contributed by atoms with Crippen LogP contribution in [0.2, 0.25) is 0 Å². The highest BCUT2D eigenvalue weighted by atomic mass is 16.5. The van der Waals surface area contributed by atoms with E-state index in [0.29, 0.717) is 0 Å². The lowest BCUT2D eigenvalue weighted by atomic mass is 9.67. The predicted octanol–water partition coefficient (Wildman–Crippen LogP) is 0.209. The fourth-order valence-electron chi connectivity index (χ4n) is 2.73. The molecular formula is C14H20O7. The molecule has 0 aromatic heterocycles. The summed E-state index contributed by atoms with van der Waals surface area (Å²) >= 11 is 0. The minimum atomic E-state index is -1.55. The predicted molar refractivity (Wildman–Crippen MR) is 71.0 cm³/mol. The van der Waals surface area contributed by atoms with Crippen LogP contribution in [0.1, 0.15) is 19.3 Å². The van der Waals surface area contributed by atoms with Crippen molar-refractivity contribution in [2.45, 2.75) is 25.4 Å². The molecule has 1 saturated carbocycles. The first-order chi connectivity index (χ1) is 9.83. The Balaban J connectivity index is 2.99. The Labute approximate surface area is 122 Å². The number of esters is 3. The Morgan fingerprint density at radius 2 is 1.62 bits per heavy atom. The summed E-state index contributed by atoms with van der Waals surface area (Å²) in [6.45, 7) is 3.61. The number of hydrogen-bond acceptors (Lipinski definition) is 7. The van der Waals surface area contributed by atoms with Crippen LogP contribution in [-0.4, -0.2) is 50.4 Å². The third kappa shape index (κ3) is 3.07. The van der Waals surface area contributed by atoms with Gasteiger partial charge in [-0.2, -0.15) is 0 Å². The Morgan fingerprint density at radius 1 is 1.10 bits per heavy atom. The number of rotatable bonds is 4. The Morgan fingerprint density at radius 3 is 2.00 bits per heavy atom. The van der Waals surface area contributed by atoms with Crippen LogP contribution in [0.3, 0.4) is 0 Å². The van der Waals surface area contributed by atoms with E-state index in [1.165, 1.54) is 21.3 Å². The quantitative estimate of drug-likeness (QED) is 0.343. The minimum absolute atomic E-state index is 0.101. The average Bonchev–Trinajstić information content (AvgIpc) is 2.51. The van der Waals surface area contributed by atoms with Gasteiger partial charge in [0.15, 0.2) is 5.41 Å². The smallest absolute Gasteiger partial charge is 0.333 e. The van der Waals surface area contributed by atoms with E-state index in [1.807, 2.05) is 0 Å². The van der Waals surface area contributed by atoms with Crippen LogP contribution in [-0.2, 0) is 28.6 Å². The van der Waals surface area contributed by atoms with Crippen molar-refractivity contribution in [1.29, 1.82) is 0 Å². The van der Waals surface area contributed by atoms with E-state index in [-0.39, 0.29) is 24.8 Å².